The Morgan fingerprint density at radius 3 is 2.85 bits per heavy atom. The molecule has 0 amide bonds. The Bertz CT molecular complexity index is 937. The van der Waals surface area contributed by atoms with Crippen molar-refractivity contribution in [3.05, 3.63) is 65.4 Å². The number of aliphatic carboxylic acids is 1. The van der Waals surface area contributed by atoms with Gasteiger partial charge < -0.3 is 5.11 Å². The largest absolute Gasteiger partial charge is 0.478 e. The minimum Gasteiger partial charge on any atom is -0.478 e. The number of hydrogen-bond donors (Lipinski definition) is 1. The smallest absolute Gasteiger partial charge is 0.328 e. The number of carbonyl (C=O) groups excluding carboxylic acids is 1. The highest BCUT2D eigenvalue weighted by molar-refractivity contribution is 7.86. The van der Waals surface area contributed by atoms with Crippen molar-refractivity contribution in [1.82, 2.24) is 4.98 Å². The lowest BCUT2D eigenvalue weighted by Crippen LogP contribution is -2.24. The van der Waals surface area contributed by atoms with E-state index in [0.29, 0.717) is 35.5 Å². The molecule has 0 fully saturated rings. The first-order chi connectivity index (χ1) is 12.6. The molecule has 1 atom stereocenters. The van der Waals surface area contributed by atoms with Gasteiger partial charge in [-0.1, -0.05) is 24.3 Å². The number of pyridine rings is 1. The van der Waals surface area contributed by atoms with Gasteiger partial charge in [-0.25, -0.2) is 14.0 Å². The van der Waals surface area contributed by atoms with Gasteiger partial charge in [0.05, 0.1) is 4.90 Å². The highest BCUT2D eigenvalue weighted by atomic mass is 32.2. The lowest BCUT2D eigenvalue weighted by Gasteiger charge is -2.18. The van der Waals surface area contributed by atoms with Crippen LogP contribution in [0.1, 0.15) is 16.7 Å². The van der Waals surface area contributed by atoms with Crippen LogP contribution in [0.2, 0.25) is 0 Å². The number of carboxylic acid groups (broad SMARTS) is 1. The lowest BCUT2D eigenvalue weighted by atomic mass is 10.1. The van der Waals surface area contributed by atoms with E-state index in [2.05, 4.69) is 4.98 Å². The van der Waals surface area contributed by atoms with Crippen LogP contribution in [0.25, 0.3) is 12.2 Å². The predicted octanol–water partition coefficient (Wildman–Crippen LogP) is 2.48. The van der Waals surface area contributed by atoms with Gasteiger partial charge in [0.25, 0.3) is 0 Å². The number of fused-ring (bicyclic) bond motifs is 1. The van der Waals surface area contributed by atoms with Crippen molar-refractivity contribution in [2.24, 2.45) is 0 Å². The van der Waals surface area contributed by atoms with Gasteiger partial charge in [-0.15, -0.1) is 0 Å². The molecule has 1 aromatic carbocycles. The van der Waals surface area contributed by atoms with Crippen molar-refractivity contribution in [3.8, 4) is 0 Å². The minimum absolute atomic E-state index is 0.532. The van der Waals surface area contributed by atoms with E-state index < -0.39 is 17.0 Å². The van der Waals surface area contributed by atoms with Gasteiger partial charge in [0.1, 0.15) is 12.1 Å². The van der Waals surface area contributed by atoms with E-state index in [1.807, 2.05) is 6.07 Å². The number of carbonyl (C=O) groups is 2. The van der Waals surface area contributed by atoms with Crippen LogP contribution in [0.15, 0.2) is 53.6 Å². The molecule has 1 aromatic heterocycles. The van der Waals surface area contributed by atoms with Crippen molar-refractivity contribution in [2.45, 2.75) is 11.3 Å². The summed E-state index contributed by atoms with van der Waals surface area (Å²) in [4.78, 5) is 26.1. The summed E-state index contributed by atoms with van der Waals surface area (Å²) in [5.74, 6) is -0.418. The fourth-order valence-electron chi connectivity index (χ4n) is 2.72. The predicted molar refractivity (Wildman–Crippen MR) is 99.9 cm³/mol. The third kappa shape index (κ3) is 3.78. The van der Waals surface area contributed by atoms with Gasteiger partial charge in [0.2, 0.25) is 0 Å². The van der Waals surface area contributed by atoms with Crippen LogP contribution in [0.5, 0.6) is 0 Å². The third-order valence-corrected chi connectivity index (χ3v) is 5.37. The molecular weight excluding hydrogens is 352 g/mol. The molecule has 6 nitrogen and oxygen atoms in total. The van der Waals surface area contributed by atoms with E-state index in [0.717, 1.165) is 17.2 Å². The van der Waals surface area contributed by atoms with Gasteiger partial charge in [0.15, 0.2) is 11.0 Å². The fourth-order valence-corrected chi connectivity index (χ4v) is 4.07. The van der Waals surface area contributed by atoms with E-state index in [9.17, 15) is 13.8 Å². The minimum atomic E-state index is -1.51. The molecule has 7 heteroatoms. The quantitative estimate of drug-likeness (QED) is 0.625. The van der Waals surface area contributed by atoms with Gasteiger partial charge in [0, 0.05) is 18.8 Å². The first kappa shape index (κ1) is 17.8. The van der Waals surface area contributed by atoms with Gasteiger partial charge >= 0.3 is 5.97 Å². The maximum absolute atomic E-state index is 13.1. The number of benzene rings is 1. The second-order valence-electron chi connectivity index (χ2n) is 5.56. The normalized spacial score (nSPS) is 14.7. The summed E-state index contributed by atoms with van der Waals surface area (Å²) in [6, 6.07) is 8.91. The van der Waals surface area contributed by atoms with Crippen LogP contribution in [-0.4, -0.2) is 33.1 Å². The molecule has 1 unspecified atom stereocenters. The summed E-state index contributed by atoms with van der Waals surface area (Å²) in [7, 11) is -1.51. The van der Waals surface area contributed by atoms with E-state index in [4.69, 9.17) is 5.11 Å². The molecule has 2 aromatic rings. The summed E-state index contributed by atoms with van der Waals surface area (Å²) in [5.41, 5.74) is 2.37. The number of hydrogen-bond acceptors (Lipinski definition) is 4. The summed E-state index contributed by atoms with van der Waals surface area (Å²) < 4.78 is 14.8. The van der Waals surface area contributed by atoms with E-state index in [-0.39, 0.29) is 0 Å². The number of aldehydes is 1. The SMILES string of the molecule is O=C/C=C/c1cnc2c(c1)CCN2S(=O)c1ccccc1/C=C/C(=O)O. The van der Waals surface area contributed by atoms with Crippen molar-refractivity contribution >= 4 is 41.2 Å². The number of rotatable bonds is 6. The van der Waals surface area contributed by atoms with Gasteiger partial charge in [-0.3, -0.25) is 9.10 Å². The van der Waals surface area contributed by atoms with Crippen LogP contribution in [-0.2, 0) is 27.0 Å². The number of nitrogens with zero attached hydrogens (tertiary/aromatic N) is 2. The second kappa shape index (κ2) is 7.88. The van der Waals surface area contributed by atoms with Crippen molar-refractivity contribution in [2.75, 3.05) is 10.8 Å². The van der Waals surface area contributed by atoms with Crippen LogP contribution in [0.4, 0.5) is 5.82 Å². The van der Waals surface area contributed by atoms with Gasteiger partial charge in [-0.2, -0.15) is 0 Å². The molecule has 0 saturated carbocycles. The average molecular weight is 368 g/mol. The van der Waals surface area contributed by atoms with Crippen molar-refractivity contribution in [3.63, 3.8) is 0 Å². The number of aromatic nitrogens is 1. The highest BCUT2D eigenvalue weighted by Crippen LogP contribution is 2.31. The molecule has 0 aliphatic carbocycles. The summed E-state index contributed by atoms with van der Waals surface area (Å²) in [6.07, 6.45) is 8.57. The molecule has 0 saturated heterocycles. The zero-order valence-corrected chi connectivity index (χ0v) is 14.6. The second-order valence-corrected chi connectivity index (χ2v) is 6.94. The maximum Gasteiger partial charge on any atom is 0.328 e. The average Bonchev–Trinajstić information content (AvgIpc) is 3.07. The zero-order chi connectivity index (χ0) is 18.5. The molecular formula is C19H16N2O4S. The zero-order valence-electron chi connectivity index (χ0n) is 13.7. The van der Waals surface area contributed by atoms with Crippen LogP contribution in [0.3, 0.4) is 0 Å². The number of anilines is 1. The molecule has 0 radical (unpaired) electrons. The van der Waals surface area contributed by atoms with E-state index in [1.165, 1.54) is 12.2 Å². The number of allylic oxidation sites excluding steroid dienone is 1. The first-order valence-corrected chi connectivity index (χ1v) is 9.01. The highest BCUT2D eigenvalue weighted by Gasteiger charge is 2.27. The summed E-state index contributed by atoms with van der Waals surface area (Å²) in [6.45, 7) is 0.548. The Morgan fingerprint density at radius 2 is 2.08 bits per heavy atom. The Labute approximate surface area is 153 Å². The molecule has 0 spiro atoms. The Kier molecular flexibility index (Phi) is 5.38. The fraction of sp³-hybridized carbons (Fsp3) is 0.105. The van der Waals surface area contributed by atoms with Crippen molar-refractivity contribution < 1.29 is 18.9 Å². The van der Waals surface area contributed by atoms with Gasteiger partial charge in [-0.05, 0) is 47.4 Å². The molecule has 1 N–H and O–H groups in total. The molecule has 0 bridgehead atoms. The van der Waals surface area contributed by atoms with E-state index >= 15 is 0 Å². The molecule has 132 valence electrons. The summed E-state index contributed by atoms with van der Waals surface area (Å²) >= 11 is 0. The lowest BCUT2D eigenvalue weighted by molar-refractivity contribution is -0.131. The molecule has 1 aliphatic heterocycles. The first-order valence-electron chi connectivity index (χ1n) is 7.90. The van der Waals surface area contributed by atoms with Crippen LogP contribution in [0, 0.1) is 0 Å². The van der Waals surface area contributed by atoms with Crippen LogP contribution >= 0.6 is 0 Å². The summed E-state index contributed by atoms with van der Waals surface area (Å²) in [5, 5.41) is 8.82. The molecule has 1 aliphatic rings. The Morgan fingerprint density at radius 1 is 1.27 bits per heavy atom. The topological polar surface area (TPSA) is 87.6 Å². The van der Waals surface area contributed by atoms with E-state index in [1.54, 1.807) is 40.8 Å². The Hall–Kier alpha value is -3.06. The van der Waals surface area contributed by atoms with Crippen molar-refractivity contribution in [1.29, 1.82) is 0 Å². The monoisotopic (exact) mass is 368 g/mol. The molecule has 2 heterocycles. The standard InChI is InChI=1S/C19H16N2O4S/c22-11-3-4-14-12-16-9-10-21(19(16)20-13-14)26(25)17-6-2-1-5-15(17)7-8-18(23)24/h1-8,11-13H,9-10H2,(H,23,24)/b4-3+,8-7+. The Balaban J connectivity index is 1.91. The number of carboxylic acids is 1. The molecule has 3 rings (SSSR count). The van der Waals surface area contributed by atoms with Crippen LogP contribution < -0.4 is 4.31 Å². The maximum atomic E-state index is 13.1. The third-order valence-electron chi connectivity index (χ3n) is 3.86. The molecule has 26 heavy (non-hydrogen) atoms.